The van der Waals surface area contributed by atoms with Crippen molar-refractivity contribution in [2.45, 2.75) is 0 Å². The molecule has 0 fully saturated rings. The largest absolute Gasteiger partial charge is 0.494 e. The number of halogens is 4. The van der Waals surface area contributed by atoms with Crippen LogP contribution in [0.2, 0.25) is 0 Å². The molecule has 3 aromatic rings. The molecule has 2 aromatic carbocycles. The molecule has 0 saturated carbocycles. The second-order valence-electron chi connectivity index (χ2n) is 4.38. The maximum absolute atomic E-state index is 5.42. The molecule has 1 N–H and O–H groups in total. The summed E-state index contributed by atoms with van der Waals surface area (Å²) < 4.78 is 14.4. The van der Waals surface area contributed by atoms with Crippen LogP contribution in [0.1, 0.15) is 0 Å². The average Bonchev–Trinajstić information content (AvgIpc) is 2.79. The molecule has 1 aromatic heterocycles. The first-order chi connectivity index (χ1) is 9.99. The molecule has 0 aliphatic rings. The third-order valence-corrected chi connectivity index (χ3v) is 5.99. The lowest BCUT2D eigenvalue weighted by Gasteiger charge is -2.07. The molecule has 0 unspecified atom stereocenters. The third-order valence-electron chi connectivity index (χ3n) is 3.30. The maximum atomic E-state index is 5.42. The fraction of sp³-hybridized carbons (Fsp3) is 0.143. The molecule has 0 radical (unpaired) electrons. The summed E-state index contributed by atoms with van der Waals surface area (Å²) >= 11 is 14.3. The van der Waals surface area contributed by atoms with Crippen LogP contribution in [-0.4, -0.2) is 19.2 Å². The van der Waals surface area contributed by atoms with Gasteiger partial charge < -0.3 is 14.5 Å². The predicted octanol–water partition coefficient (Wildman–Crippen LogP) is 6.39. The number of nitrogens with one attached hydrogen (secondary N) is 1. The lowest BCUT2D eigenvalue weighted by Crippen LogP contribution is -1.86. The van der Waals surface area contributed by atoms with Crippen molar-refractivity contribution in [1.82, 2.24) is 4.98 Å². The Hall–Kier alpha value is -0.240. The van der Waals surface area contributed by atoms with Crippen LogP contribution >= 0.6 is 63.7 Å². The molecule has 0 spiro atoms. The van der Waals surface area contributed by atoms with E-state index in [4.69, 9.17) is 9.47 Å². The molecule has 110 valence electrons. The highest BCUT2D eigenvalue weighted by molar-refractivity contribution is 9.11. The summed E-state index contributed by atoms with van der Waals surface area (Å²) in [4.78, 5) is 3.42. The number of methoxy groups -OCH3 is 2. The van der Waals surface area contributed by atoms with E-state index in [0.29, 0.717) is 0 Å². The summed E-state index contributed by atoms with van der Waals surface area (Å²) in [5.41, 5.74) is 1.96. The molecule has 0 bridgehead atoms. The van der Waals surface area contributed by atoms with Gasteiger partial charge in [0.05, 0.1) is 43.1 Å². The summed E-state index contributed by atoms with van der Waals surface area (Å²) in [6.07, 6.45) is 0. The Morgan fingerprint density at radius 2 is 1.14 bits per heavy atom. The van der Waals surface area contributed by atoms with E-state index in [1.807, 2.05) is 12.1 Å². The zero-order valence-electron chi connectivity index (χ0n) is 11.0. The average molecular weight is 543 g/mol. The van der Waals surface area contributed by atoms with Crippen molar-refractivity contribution in [2.75, 3.05) is 14.2 Å². The van der Waals surface area contributed by atoms with Crippen LogP contribution in [0, 0.1) is 0 Å². The summed E-state index contributed by atoms with van der Waals surface area (Å²) in [6, 6.07) is 4.09. The summed E-state index contributed by atoms with van der Waals surface area (Å²) in [5.74, 6) is 1.52. The molecule has 7 heteroatoms. The molecule has 0 aliphatic heterocycles. The smallest absolute Gasteiger partial charge is 0.149 e. The summed E-state index contributed by atoms with van der Waals surface area (Å²) in [7, 11) is 3.30. The third kappa shape index (κ3) is 2.33. The van der Waals surface area contributed by atoms with Gasteiger partial charge >= 0.3 is 0 Å². The molecular formula is C14H9Br4NO2. The quantitative estimate of drug-likeness (QED) is 0.407. The van der Waals surface area contributed by atoms with Gasteiger partial charge in [-0.3, -0.25) is 0 Å². The van der Waals surface area contributed by atoms with E-state index in [-0.39, 0.29) is 0 Å². The molecule has 0 aliphatic carbocycles. The van der Waals surface area contributed by atoms with Crippen LogP contribution in [0.15, 0.2) is 30.0 Å². The van der Waals surface area contributed by atoms with Gasteiger partial charge in [0.15, 0.2) is 0 Å². The van der Waals surface area contributed by atoms with Crippen LogP contribution in [-0.2, 0) is 0 Å². The fourth-order valence-electron chi connectivity index (χ4n) is 2.37. The van der Waals surface area contributed by atoms with Crippen LogP contribution in [0.25, 0.3) is 21.8 Å². The van der Waals surface area contributed by atoms with Gasteiger partial charge in [-0.25, -0.2) is 0 Å². The summed E-state index contributed by atoms with van der Waals surface area (Å²) in [5, 5.41) is 2.18. The minimum Gasteiger partial charge on any atom is -0.494 e. The van der Waals surface area contributed by atoms with Crippen LogP contribution in [0.4, 0.5) is 0 Å². The number of fused-ring (bicyclic) bond motifs is 3. The van der Waals surface area contributed by atoms with Gasteiger partial charge in [-0.2, -0.15) is 0 Å². The molecule has 21 heavy (non-hydrogen) atoms. The van der Waals surface area contributed by atoms with E-state index >= 15 is 0 Å². The zero-order chi connectivity index (χ0) is 15.3. The maximum Gasteiger partial charge on any atom is 0.149 e. The monoisotopic (exact) mass is 539 g/mol. The number of hydrogen-bond acceptors (Lipinski definition) is 2. The van der Waals surface area contributed by atoms with Crippen molar-refractivity contribution in [1.29, 1.82) is 0 Å². The Morgan fingerprint density at radius 1 is 0.762 bits per heavy atom. The number of H-pyrrole nitrogens is 1. The SMILES string of the molecule is COc1c(Br)cc2c([nH]c3c(Br)c(OC)c(Br)cc32)c1Br. The number of aromatic amines is 1. The highest BCUT2D eigenvalue weighted by Gasteiger charge is 2.19. The second kappa shape index (κ2) is 5.76. The predicted molar refractivity (Wildman–Crippen MR) is 99.7 cm³/mol. The van der Waals surface area contributed by atoms with Gasteiger partial charge in [0.2, 0.25) is 0 Å². The topological polar surface area (TPSA) is 34.2 Å². The van der Waals surface area contributed by atoms with Crippen LogP contribution in [0.3, 0.4) is 0 Å². The number of hydrogen-bond donors (Lipinski definition) is 1. The van der Waals surface area contributed by atoms with Crippen molar-refractivity contribution in [3.05, 3.63) is 30.0 Å². The number of ether oxygens (including phenoxy) is 2. The van der Waals surface area contributed by atoms with Crippen molar-refractivity contribution >= 4 is 85.5 Å². The Balaban J connectivity index is 2.52. The van der Waals surface area contributed by atoms with Gasteiger partial charge in [-0.15, -0.1) is 0 Å². The lowest BCUT2D eigenvalue weighted by molar-refractivity contribution is 0.410. The molecule has 1 heterocycles. The molecule has 0 atom stereocenters. The minimum atomic E-state index is 0.760. The van der Waals surface area contributed by atoms with Crippen molar-refractivity contribution < 1.29 is 9.47 Å². The first-order valence-electron chi connectivity index (χ1n) is 5.89. The van der Waals surface area contributed by atoms with Gasteiger partial charge in [-0.05, 0) is 75.9 Å². The van der Waals surface area contributed by atoms with Gasteiger partial charge in [0, 0.05) is 10.8 Å². The highest BCUT2D eigenvalue weighted by Crippen LogP contribution is 2.46. The van der Waals surface area contributed by atoms with Crippen molar-refractivity contribution in [3.8, 4) is 11.5 Å². The minimum absolute atomic E-state index is 0.760. The highest BCUT2D eigenvalue weighted by atomic mass is 79.9. The summed E-state index contributed by atoms with van der Waals surface area (Å²) in [6.45, 7) is 0. The standard InChI is InChI=1S/C14H9Br4NO2/c1-20-13-7(15)3-5-6-4-8(16)14(21-2)10(18)12(6)19-11(5)9(13)17/h3-4,19H,1-2H3. The van der Waals surface area contributed by atoms with E-state index in [1.54, 1.807) is 14.2 Å². The van der Waals surface area contributed by atoms with E-state index in [9.17, 15) is 0 Å². The van der Waals surface area contributed by atoms with Crippen LogP contribution in [0.5, 0.6) is 11.5 Å². The van der Waals surface area contributed by atoms with Gasteiger partial charge in [-0.1, -0.05) is 0 Å². The molecule has 0 amide bonds. The van der Waals surface area contributed by atoms with E-state index in [2.05, 4.69) is 68.7 Å². The normalized spacial score (nSPS) is 11.3. The van der Waals surface area contributed by atoms with E-state index in [1.165, 1.54) is 0 Å². The van der Waals surface area contributed by atoms with Gasteiger partial charge in [0.1, 0.15) is 11.5 Å². The number of benzene rings is 2. The molecule has 3 nitrogen and oxygen atoms in total. The second-order valence-corrected chi connectivity index (χ2v) is 7.68. The van der Waals surface area contributed by atoms with Crippen LogP contribution < -0.4 is 9.47 Å². The first-order valence-corrected chi connectivity index (χ1v) is 9.06. The molecule has 0 saturated heterocycles. The molecular weight excluding hydrogens is 534 g/mol. The van der Waals surface area contributed by atoms with E-state index in [0.717, 1.165) is 51.2 Å². The van der Waals surface area contributed by atoms with Crippen molar-refractivity contribution in [2.24, 2.45) is 0 Å². The Kier molecular flexibility index (Phi) is 4.29. The first kappa shape index (κ1) is 15.6. The lowest BCUT2D eigenvalue weighted by atomic mass is 10.1. The fourth-order valence-corrected chi connectivity index (χ4v) is 5.46. The Morgan fingerprint density at radius 3 is 1.48 bits per heavy atom. The van der Waals surface area contributed by atoms with Crippen molar-refractivity contribution in [3.63, 3.8) is 0 Å². The Labute approximate surface area is 154 Å². The van der Waals surface area contributed by atoms with Gasteiger partial charge in [0.25, 0.3) is 0 Å². The number of aromatic nitrogens is 1. The van der Waals surface area contributed by atoms with E-state index < -0.39 is 0 Å². The Bertz CT molecular complexity index is 803. The molecule has 3 rings (SSSR count). The zero-order valence-corrected chi connectivity index (χ0v) is 17.3. The number of rotatable bonds is 2.